The fourth-order valence-corrected chi connectivity index (χ4v) is 9.72. The molecule has 0 saturated carbocycles. The normalized spacial score (nSPS) is 22.6. The van der Waals surface area contributed by atoms with E-state index in [9.17, 15) is 19.2 Å². The summed E-state index contributed by atoms with van der Waals surface area (Å²) in [4.78, 5) is 73.1. The summed E-state index contributed by atoms with van der Waals surface area (Å²) in [6.45, 7) is 6.29. The molecule has 2 aromatic heterocycles. The summed E-state index contributed by atoms with van der Waals surface area (Å²) < 4.78 is 20.8. The number of likely N-dealkylation sites (tertiary alicyclic amines) is 2. The Balaban J connectivity index is 0.904. The van der Waals surface area contributed by atoms with Gasteiger partial charge in [0, 0.05) is 49.6 Å². The van der Waals surface area contributed by atoms with Crippen LogP contribution in [0.3, 0.4) is 0 Å². The lowest BCUT2D eigenvalue weighted by atomic mass is 9.90. The molecule has 6 atom stereocenters. The second-order valence-corrected chi connectivity index (χ2v) is 17.3. The molecule has 6 heterocycles. The Morgan fingerprint density at radius 1 is 0.609 bits per heavy atom. The number of hydrogen-bond acceptors (Lipinski definition) is 10. The van der Waals surface area contributed by atoms with Crippen molar-refractivity contribution in [1.82, 2.24) is 40.4 Å². The third-order valence-electron chi connectivity index (χ3n) is 13.3. The number of aromatic amines is 2. The maximum Gasteiger partial charge on any atom is 0.407 e. The lowest BCUT2D eigenvalue weighted by molar-refractivity contribution is -0.139. The van der Waals surface area contributed by atoms with Gasteiger partial charge in [-0.2, -0.15) is 0 Å². The summed E-state index contributed by atoms with van der Waals surface area (Å²) >= 11 is 0. The molecule has 64 heavy (non-hydrogen) atoms. The van der Waals surface area contributed by atoms with Gasteiger partial charge in [-0.1, -0.05) is 36.1 Å². The number of hydrogen-bond donors (Lipinski definition) is 4. The molecule has 4 aromatic rings. The van der Waals surface area contributed by atoms with Crippen molar-refractivity contribution in [1.29, 1.82) is 0 Å². The first-order valence-corrected chi connectivity index (χ1v) is 22.4. The number of ether oxygens (including phenoxy) is 4. The molecule has 0 spiro atoms. The summed E-state index contributed by atoms with van der Waals surface area (Å²) in [7, 11) is 2.61. The fraction of sp³-hybridized carbons (Fsp3) is 0.500. The van der Waals surface area contributed by atoms with Crippen molar-refractivity contribution in [2.24, 2.45) is 11.8 Å². The van der Waals surface area contributed by atoms with Crippen molar-refractivity contribution in [3.8, 4) is 34.4 Å². The highest BCUT2D eigenvalue weighted by molar-refractivity contribution is 5.87. The summed E-state index contributed by atoms with van der Waals surface area (Å²) in [5.74, 6) is 7.63. The van der Waals surface area contributed by atoms with Crippen molar-refractivity contribution in [2.75, 3.05) is 40.6 Å². The molecule has 4 amide bonds. The summed E-state index contributed by atoms with van der Waals surface area (Å²) in [5.41, 5.74) is 5.28. The van der Waals surface area contributed by atoms with Crippen molar-refractivity contribution < 1.29 is 38.1 Å². The number of nitrogens with one attached hydrogen (secondary N) is 4. The van der Waals surface area contributed by atoms with Gasteiger partial charge in [0.15, 0.2) is 0 Å². The van der Waals surface area contributed by atoms with E-state index in [4.69, 9.17) is 28.9 Å². The first-order chi connectivity index (χ1) is 31.1. The monoisotopic (exact) mass is 874 g/mol. The molecule has 0 unspecified atom stereocenters. The van der Waals surface area contributed by atoms with E-state index in [0.29, 0.717) is 63.8 Å². The van der Waals surface area contributed by atoms with Crippen LogP contribution in [0.2, 0.25) is 0 Å². The lowest BCUT2D eigenvalue weighted by Crippen LogP contribution is -2.54. The maximum atomic E-state index is 14.2. The molecule has 4 fully saturated rings. The van der Waals surface area contributed by atoms with Gasteiger partial charge >= 0.3 is 12.2 Å². The van der Waals surface area contributed by atoms with Gasteiger partial charge in [-0.25, -0.2) is 19.6 Å². The summed E-state index contributed by atoms with van der Waals surface area (Å²) in [5, 5.41) is 5.65. The third kappa shape index (κ3) is 9.80. The van der Waals surface area contributed by atoms with Crippen LogP contribution in [0, 0.1) is 23.7 Å². The van der Waals surface area contributed by atoms with Crippen LogP contribution in [0.25, 0.3) is 22.5 Å². The van der Waals surface area contributed by atoms with Gasteiger partial charge in [0.2, 0.25) is 11.8 Å². The van der Waals surface area contributed by atoms with Crippen molar-refractivity contribution in [3.05, 3.63) is 83.7 Å². The van der Waals surface area contributed by atoms with Crippen LogP contribution in [0.4, 0.5) is 9.59 Å². The van der Waals surface area contributed by atoms with E-state index in [2.05, 4.69) is 32.4 Å². The minimum absolute atomic E-state index is 0.0169. The second kappa shape index (κ2) is 20.1. The van der Waals surface area contributed by atoms with Gasteiger partial charge in [0.05, 0.1) is 50.1 Å². The molecule has 338 valence electrons. The zero-order valence-corrected chi connectivity index (χ0v) is 36.9. The zero-order valence-electron chi connectivity index (χ0n) is 36.9. The molecular formula is C48H58N8O8. The van der Waals surface area contributed by atoms with Gasteiger partial charge in [-0.3, -0.25) is 9.59 Å². The maximum absolute atomic E-state index is 14.2. The van der Waals surface area contributed by atoms with Gasteiger partial charge in [0.25, 0.3) is 0 Å². The van der Waals surface area contributed by atoms with Crippen LogP contribution in [-0.2, 0) is 28.5 Å². The number of amides is 4. The van der Waals surface area contributed by atoms with Crippen LogP contribution in [0.1, 0.15) is 100 Å². The number of rotatable bonds is 10. The smallest absolute Gasteiger partial charge is 0.407 e. The van der Waals surface area contributed by atoms with Crippen molar-refractivity contribution in [2.45, 2.75) is 101 Å². The number of alkyl carbamates (subject to hydrolysis) is 2. The quantitative estimate of drug-likeness (QED) is 0.132. The van der Waals surface area contributed by atoms with Gasteiger partial charge < -0.3 is 49.3 Å². The number of methoxy groups -OCH3 is 2. The Labute approximate surface area is 373 Å². The first kappa shape index (κ1) is 44.4. The van der Waals surface area contributed by atoms with Crippen molar-refractivity contribution >= 4 is 24.0 Å². The molecule has 8 rings (SSSR count). The molecular weight excluding hydrogens is 817 g/mol. The van der Waals surface area contributed by atoms with Gasteiger partial charge in [-0.05, 0) is 112 Å². The topological polar surface area (TPSA) is 193 Å². The Hall–Kier alpha value is -6.18. The molecule has 0 radical (unpaired) electrons. The minimum atomic E-state index is -0.705. The van der Waals surface area contributed by atoms with E-state index in [1.807, 2.05) is 72.2 Å². The molecule has 0 bridgehead atoms. The lowest BCUT2D eigenvalue weighted by Gasteiger charge is -2.36. The number of H-pyrrole nitrogens is 2. The van der Waals surface area contributed by atoms with Gasteiger partial charge in [-0.15, -0.1) is 0 Å². The van der Waals surface area contributed by atoms with E-state index in [1.54, 1.807) is 12.4 Å². The highest BCUT2D eigenvalue weighted by Crippen LogP contribution is 2.39. The highest BCUT2D eigenvalue weighted by Gasteiger charge is 2.44. The molecule has 16 nitrogen and oxygen atoms in total. The van der Waals surface area contributed by atoms with E-state index in [1.165, 1.54) is 14.2 Å². The van der Waals surface area contributed by atoms with Crippen LogP contribution >= 0.6 is 0 Å². The first-order valence-electron chi connectivity index (χ1n) is 22.4. The van der Waals surface area contributed by atoms with Crippen LogP contribution < -0.4 is 10.6 Å². The van der Waals surface area contributed by atoms with Crippen LogP contribution in [0.15, 0.2) is 60.9 Å². The molecule has 0 aliphatic carbocycles. The highest BCUT2D eigenvalue weighted by atomic mass is 16.5. The molecule has 2 aromatic carbocycles. The molecule has 16 heteroatoms. The molecule has 4 N–H and O–H groups in total. The SMILES string of the molecule is COC(=O)N[C@H](C(=O)N1[C@@H](C)CC[C@H]1c1ncc(-c2ccc(C#Cc3ccc(-c4cnc([C@@H]5CC[C@H](C)N5C(=O)[C@@H](NC(=O)OC)C5CCOCC5)[nH]4)cc3)cc2)[nH]1)C1CCOCC1. The molecule has 4 saturated heterocycles. The number of benzene rings is 2. The van der Waals surface area contributed by atoms with E-state index >= 15 is 0 Å². The largest absolute Gasteiger partial charge is 0.453 e. The second-order valence-electron chi connectivity index (χ2n) is 17.3. The average molecular weight is 875 g/mol. The van der Waals surface area contributed by atoms with Gasteiger partial charge in [0.1, 0.15) is 23.7 Å². The van der Waals surface area contributed by atoms with Crippen LogP contribution in [-0.4, -0.2) is 119 Å². The molecule has 4 aliphatic heterocycles. The van der Waals surface area contributed by atoms with Crippen molar-refractivity contribution in [3.63, 3.8) is 0 Å². The number of nitrogens with zero attached hydrogens (tertiary/aromatic N) is 4. The van der Waals surface area contributed by atoms with E-state index < -0.39 is 24.3 Å². The Morgan fingerprint density at radius 3 is 1.34 bits per heavy atom. The Kier molecular flexibility index (Phi) is 14.0. The predicted molar refractivity (Wildman–Crippen MR) is 236 cm³/mol. The number of aromatic nitrogens is 4. The van der Waals surface area contributed by atoms with E-state index in [0.717, 1.165) is 59.3 Å². The molecule has 4 aliphatic rings. The number of imidazole rings is 2. The minimum Gasteiger partial charge on any atom is -0.453 e. The summed E-state index contributed by atoms with van der Waals surface area (Å²) in [6.07, 6.45) is 8.26. The number of carbonyl (C=O) groups is 4. The standard InChI is InChI=1S/C48H58N8O8/c1-29-5-17-39(55(29)45(57)41(53-47(59)61-3)35-19-23-63-24-20-35)43-49-27-37(51-43)33-13-9-31(10-14-33)7-8-32-11-15-34(16-12-32)38-28-50-44(52-38)40-18-6-30(2)56(40)46(58)42(54-48(60)62-4)36-21-25-64-26-22-36/h9-16,27-30,35-36,39-42H,5-6,17-26H2,1-4H3,(H,49,51)(H,50,52)(H,53,59)(H,54,60)/t29-,30-,39-,40-,41-,42-/m0/s1. The van der Waals surface area contributed by atoms with Crippen LogP contribution in [0.5, 0.6) is 0 Å². The summed E-state index contributed by atoms with van der Waals surface area (Å²) in [6, 6.07) is 14.0. The zero-order chi connectivity index (χ0) is 44.7. The Bertz CT molecular complexity index is 2160. The Morgan fingerprint density at radius 2 is 0.984 bits per heavy atom. The average Bonchev–Trinajstić information content (AvgIpc) is 4.17. The van der Waals surface area contributed by atoms with E-state index in [-0.39, 0.29) is 47.8 Å². The predicted octanol–water partition coefficient (Wildman–Crippen LogP) is 6.27. The number of carbonyl (C=O) groups excluding carboxylic acids is 4. The fourth-order valence-electron chi connectivity index (χ4n) is 9.72. The third-order valence-corrected chi connectivity index (χ3v) is 13.3.